The maximum Gasteiger partial charge on any atom is 0.264 e. The Morgan fingerprint density at radius 1 is 1.04 bits per heavy atom. The summed E-state index contributed by atoms with van der Waals surface area (Å²) in [6, 6.07) is 15.8. The molecule has 0 saturated heterocycles. The molecule has 4 rings (SSSR count). The number of aryl methyl sites for hydroxylation is 1. The summed E-state index contributed by atoms with van der Waals surface area (Å²) in [5, 5.41) is 8.31. The van der Waals surface area contributed by atoms with Gasteiger partial charge in [-0.1, -0.05) is 35.9 Å². The third-order valence-corrected chi connectivity index (χ3v) is 5.67. The molecule has 2 aromatic heterocycles. The van der Waals surface area contributed by atoms with Crippen LogP contribution < -0.4 is 4.72 Å². The van der Waals surface area contributed by atoms with Gasteiger partial charge in [-0.25, -0.2) is 8.42 Å². The molecule has 142 valence electrons. The van der Waals surface area contributed by atoms with Crippen molar-refractivity contribution in [2.75, 3.05) is 4.72 Å². The Kier molecular flexibility index (Phi) is 4.66. The Balaban J connectivity index is 1.59. The van der Waals surface area contributed by atoms with E-state index in [1.807, 2.05) is 37.3 Å². The molecule has 0 unspecified atom stereocenters. The number of benzene rings is 2. The second kappa shape index (κ2) is 7.14. The smallest absolute Gasteiger partial charge is 0.264 e. The Hall–Kier alpha value is -3.10. The number of halogens is 1. The fraction of sp³-hybridized carbons (Fsp3) is 0.0526. The molecule has 0 aliphatic carbocycles. The molecule has 2 N–H and O–H groups in total. The predicted molar refractivity (Wildman–Crippen MR) is 107 cm³/mol. The average molecular weight is 415 g/mol. The summed E-state index contributed by atoms with van der Waals surface area (Å²) in [7, 11) is -3.84. The van der Waals surface area contributed by atoms with Crippen LogP contribution in [-0.4, -0.2) is 23.6 Å². The van der Waals surface area contributed by atoms with Crippen LogP contribution in [0.4, 0.5) is 5.69 Å². The van der Waals surface area contributed by atoms with E-state index in [2.05, 4.69) is 19.9 Å². The molecule has 0 bridgehead atoms. The number of aromatic nitrogens is 3. The lowest BCUT2D eigenvalue weighted by Gasteiger charge is -2.08. The summed E-state index contributed by atoms with van der Waals surface area (Å²) in [5.74, 6) is 0.535. The highest BCUT2D eigenvalue weighted by Crippen LogP contribution is 2.28. The molecule has 0 aliphatic heterocycles. The average Bonchev–Trinajstić information content (AvgIpc) is 3.34. The first-order valence-corrected chi connectivity index (χ1v) is 10.2. The molecule has 0 saturated carbocycles. The molecular formula is C19H15ClN4O3S. The first-order valence-electron chi connectivity index (χ1n) is 8.29. The van der Waals surface area contributed by atoms with Gasteiger partial charge in [0.15, 0.2) is 0 Å². The van der Waals surface area contributed by atoms with Gasteiger partial charge in [-0.05, 0) is 42.8 Å². The van der Waals surface area contributed by atoms with Crippen LogP contribution in [0.2, 0.25) is 5.02 Å². The summed E-state index contributed by atoms with van der Waals surface area (Å²) < 4.78 is 33.4. The molecule has 4 aromatic rings. The maximum absolute atomic E-state index is 12.7. The molecule has 7 nitrogen and oxygen atoms in total. The molecule has 0 spiro atoms. The van der Waals surface area contributed by atoms with Gasteiger partial charge in [0.25, 0.3) is 15.9 Å². The van der Waals surface area contributed by atoms with E-state index in [4.69, 9.17) is 16.0 Å². The second-order valence-electron chi connectivity index (χ2n) is 6.12. The van der Waals surface area contributed by atoms with Crippen molar-refractivity contribution in [2.24, 2.45) is 0 Å². The van der Waals surface area contributed by atoms with Crippen LogP contribution in [0.5, 0.6) is 0 Å². The normalized spacial score (nSPS) is 11.5. The van der Waals surface area contributed by atoms with Crippen LogP contribution in [0, 0.1) is 6.92 Å². The van der Waals surface area contributed by atoms with Gasteiger partial charge in [-0.15, -0.1) is 10.2 Å². The SMILES string of the molecule is Cc1ccc(NS(=O)(=O)c2c[nH]c(-c3nnc(-c4ccccc4)o3)c2)c(Cl)c1. The van der Waals surface area contributed by atoms with Gasteiger partial charge < -0.3 is 9.40 Å². The van der Waals surface area contributed by atoms with E-state index >= 15 is 0 Å². The van der Waals surface area contributed by atoms with Gasteiger partial charge in [0.1, 0.15) is 10.6 Å². The summed E-state index contributed by atoms with van der Waals surface area (Å²) >= 11 is 6.12. The van der Waals surface area contributed by atoms with E-state index in [0.717, 1.165) is 11.1 Å². The van der Waals surface area contributed by atoms with Crippen molar-refractivity contribution >= 4 is 27.3 Å². The first kappa shape index (κ1) is 18.3. The Bertz CT molecular complexity index is 1230. The molecule has 0 amide bonds. The minimum atomic E-state index is -3.84. The second-order valence-corrected chi connectivity index (χ2v) is 8.21. The minimum absolute atomic E-state index is 0.0265. The lowest BCUT2D eigenvalue weighted by Crippen LogP contribution is -2.12. The highest BCUT2D eigenvalue weighted by atomic mass is 35.5. The summed E-state index contributed by atoms with van der Waals surface area (Å²) in [5.41, 5.74) is 2.41. The van der Waals surface area contributed by atoms with Gasteiger partial charge in [0.2, 0.25) is 5.89 Å². The molecule has 0 aliphatic rings. The van der Waals surface area contributed by atoms with E-state index in [1.165, 1.54) is 12.3 Å². The number of nitrogens with zero attached hydrogens (tertiary/aromatic N) is 2. The van der Waals surface area contributed by atoms with Gasteiger partial charge in [0.05, 0.1) is 10.7 Å². The van der Waals surface area contributed by atoms with Crippen molar-refractivity contribution in [3.63, 3.8) is 0 Å². The number of hydrogen-bond donors (Lipinski definition) is 2. The van der Waals surface area contributed by atoms with E-state index in [-0.39, 0.29) is 10.8 Å². The summed E-state index contributed by atoms with van der Waals surface area (Å²) in [6.07, 6.45) is 1.35. The highest BCUT2D eigenvalue weighted by molar-refractivity contribution is 7.92. The van der Waals surface area contributed by atoms with E-state index in [9.17, 15) is 8.42 Å². The zero-order chi connectivity index (χ0) is 19.7. The topological polar surface area (TPSA) is 101 Å². The number of anilines is 1. The molecule has 0 fully saturated rings. The van der Waals surface area contributed by atoms with Crippen molar-refractivity contribution in [2.45, 2.75) is 11.8 Å². The highest BCUT2D eigenvalue weighted by Gasteiger charge is 2.20. The quantitative estimate of drug-likeness (QED) is 0.501. The number of aromatic amines is 1. The zero-order valence-electron chi connectivity index (χ0n) is 14.7. The number of H-pyrrole nitrogens is 1. The molecule has 0 atom stereocenters. The number of rotatable bonds is 5. The first-order chi connectivity index (χ1) is 13.4. The van der Waals surface area contributed by atoms with E-state index < -0.39 is 10.0 Å². The maximum atomic E-state index is 12.7. The fourth-order valence-electron chi connectivity index (χ4n) is 2.59. The minimum Gasteiger partial charge on any atom is -0.415 e. The van der Waals surface area contributed by atoms with Crippen molar-refractivity contribution in [1.82, 2.24) is 15.2 Å². The van der Waals surface area contributed by atoms with Gasteiger partial charge in [-0.2, -0.15) is 0 Å². The third kappa shape index (κ3) is 3.64. The lowest BCUT2D eigenvalue weighted by atomic mass is 10.2. The van der Waals surface area contributed by atoms with Crippen LogP contribution in [0.3, 0.4) is 0 Å². The number of hydrogen-bond acceptors (Lipinski definition) is 5. The van der Waals surface area contributed by atoms with Gasteiger partial charge in [-0.3, -0.25) is 4.72 Å². The molecule has 2 aromatic carbocycles. The fourth-order valence-corrected chi connectivity index (χ4v) is 4.00. The van der Waals surface area contributed by atoms with Gasteiger partial charge in [0, 0.05) is 11.8 Å². The largest absolute Gasteiger partial charge is 0.415 e. The van der Waals surface area contributed by atoms with Crippen molar-refractivity contribution in [1.29, 1.82) is 0 Å². The van der Waals surface area contributed by atoms with Crippen LogP contribution in [0.15, 0.2) is 70.1 Å². The number of sulfonamides is 1. The van der Waals surface area contributed by atoms with E-state index in [1.54, 1.807) is 18.2 Å². The van der Waals surface area contributed by atoms with Crippen molar-refractivity contribution in [3.8, 4) is 23.0 Å². The Morgan fingerprint density at radius 2 is 1.79 bits per heavy atom. The Morgan fingerprint density at radius 3 is 2.54 bits per heavy atom. The lowest BCUT2D eigenvalue weighted by molar-refractivity contribution is 0.582. The molecule has 9 heteroatoms. The van der Waals surface area contributed by atoms with Crippen LogP contribution in [-0.2, 0) is 10.0 Å². The predicted octanol–water partition coefficient (Wildman–Crippen LogP) is 4.49. The van der Waals surface area contributed by atoms with Crippen LogP contribution in [0.25, 0.3) is 23.0 Å². The third-order valence-electron chi connectivity index (χ3n) is 4.01. The summed E-state index contributed by atoms with van der Waals surface area (Å²) in [4.78, 5) is 2.88. The number of nitrogens with one attached hydrogen (secondary N) is 2. The molecule has 2 heterocycles. The summed E-state index contributed by atoms with van der Waals surface area (Å²) in [6.45, 7) is 1.87. The van der Waals surface area contributed by atoms with Crippen molar-refractivity contribution < 1.29 is 12.8 Å². The van der Waals surface area contributed by atoms with Crippen LogP contribution in [0.1, 0.15) is 5.56 Å². The van der Waals surface area contributed by atoms with Crippen molar-refractivity contribution in [3.05, 3.63) is 71.4 Å². The Labute approximate surface area is 166 Å². The monoisotopic (exact) mass is 414 g/mol. The zero-order valence-corrected chi connectivity index (χ0v) is 16.3. The van der Waals surface area contributed by atoms with Crippen LogP contribution >= 0.6 is 11.6 Å². The molecule has 0 radical (unpaired) electrons. The van der Waals surface area contributed by atoms with E-state index in [0.29, 0.717) is 22.3 Å². The molecule has 28 heavy (non-hydrogen) atoms. The molecular weight excluding hydrogens is 400 g/mol. The van der Waals surface area contributed by atoms with Gasteiger partial charge >= 0.3 is 0 Å². The standard InChI is InChI=1S/C19H15ClN4O3S/c1-12-7-8-16(15(20)9-12)24-28(25,26)14-10-17(21-11-14)19-23-22-18(27-19)13-5-3-2-4-6-13/h2-11,21,24H,1H3.